The summed E-state index contributed by atoms with van der Waals surface area (Å²) >= 11 is 6.64. The van der Waals surface area contributed by atoms with Gasteiger partial charge in [-0.2, -0.15) is 0 Å². The van der Waals surface area contributed by atoms with Gasteiger partial charge in [-0.25, -0.2) is 0 Å². The van der Waals surface area contributed by atoms with Crippen LogP contribution in [-0.2, 0) is 11.2 Å². The van der Waals surface area contributed by atoms with E-state index in [0.29, 0.717) is 6.42 Å². The molecular formula is C17H16ClNO2. The van der Waals surface area contributed by atoms with E-state index >= 15 is 0 Å². The Hall–Kier alpha value is -2.00. The second-order valence-corrected chi connectivity index (χ2v) is 5.69. The molecule has 0 saturated carbocycles. The summed E-state index contributed by atoms with van der Waals surface area (Å²) in [7, 11) is 1.64. The predicted octanol–water partition coefficient (Wildman–Crippen LogP) is 3.83. The van der Waals surface area contributed by atoms with Crippen LogP contribution in [0, 0.1) is 6.92 Å². The first-order valence-corrected chi connectivity index (χ1v) is 7.23. The van der Waals surface area contributed by atoms with Crippen LogP contribution in [0.5, 0.6) is 5.75 Å². The van der Waals surface area contributed by atoms with E-state index in [1.165, 1.54) is 0 Å². The van der Waals surface area contributed by atoms with Crippen LogP contribution in [-0.4, -0.2) is 13.0 Å². The number of carbonyl (C=O) groups is 1. The minimum Gasteiger partial charge on any atom is -0.496 e. The number of benzene rings is 2. The number of aryl methyl sites for hydroxylation is 1. The lowest BCUT2D eigenvalue weighted by atomic mass is 9.99. The van der Waals surface area contributed by atoms with Gasteiger partial charge in [-0.3, -0.25) is 4.79 Å². The Morgan fingerprint density at radius 1 is 1.24 bits per heavy atom. The first-order chi connectivity index (χ1) is 10.1. The van der Waals surface area contributed by atoms with Crippen molar-refractivity contribution < 1.29 is 9.53 Å². The van der Waals surface area contributed by atoms with Gasteiger partial charge in [0.1, 0.15) is 5.75 Å². The molecule has 0 radical (unpaired) electrons. The first kappa shape index (κ1) is 14.0. The van der Waals surface area contributed by atoms with Gasteiger partial charge in [0.25, 0.3) is 0 Å². The Kier molecular flexibility index (Phi) is 3.60. The van der Waals surface area contributed by atoms with E-state index in [4.69, 9.17) is 16.3 Å². The normalized spacial score (nSPS) is 14.5. The topological polar surface area (TPSA) is 38.3 Å². The van der Waals surface area contributed by atoms with Crippen LogP contribution < -0.4 is 10.1 Å². The monoisotopic (exact) mass is 301 g/mol. The van der Waals surface area contributed by atoms with E-state index in [2.05, 4.69) is 5.32 Å². The molecule has 1 N–H and O–H groups in total. The summed E-state index contributed by atoms with van der Waals surface area (Å²) in [5.74, 6) is 0.803. The molecule has 2 aromatic carbocycles. The van der Waals surface area contributed by atoms with Crippen molar-refractivity contribution >= 4 is 23.2 Å². The van der Waals surface area contributed by atoms with Crippen molar-refractivity contribution in [2.45, 2.75) is 18.7 Å². The van der Waals surface area contributed by atoms with Gasteiger partial charge in [0.05, 0.1) is 18.9 Å². The van der Waals surface area contributed by atoms with Gasteiger partial charge in [-0.05, 0) is 30.2 Å². The fourth-order valence-corrected chi connectivity index (χ4v) is 2.94. The molecule has 2 aromatic rings. The summed E-state index contributed by atoms with van der Waals surface area (Å²) in [4.78, 5) is 11.4. The number of ether oxygens (including phenoxy) is 1. The van der Waals surface area contributed by atoms with Crippen LogP contribution in [0.25, 0.3) is 0 Å². The number of carbonyl (C=O) groups excluding carboxylic acids is 1. The minimum atomic E-state index is -0.305. The number of nitrogens with one attached hydrogen (secondary N) is 1. The zero-order valence-corrected chi connectivity index (χ0v) is 12.7. The number of hydrogen-bond acceptors (Lipinski definition) is 2. The number of alkyl halides is 1. The zero-order valence-electron chi connectivity index (χ0n) is 11.9. The fraction of sp³-hybridized carbons (Fsp3) is 0.235. The lowest BCUT2D eigenvalue weighted by Gasteiger charge is -2.16. The van der Waals surface area contributed by atoms with Gasteiger partial charge in [0, 0.05) is 11.3 Å². The molecule has 0 fully saturated rings. The maximum Gasteiger partial charge on any atom is 0.228 e. The number of amides is 1. The van der Waals surface area contributed by atoms with E-state index in [1.54, 1.807) is 7.11 Å². The molecule has 1 heterocycles. The number of halogens is 1. The molecule has 0 aromatic heterocycles. The molecule has 1 aliphatic rings. The lowest BCUT2D eigenvalue weighted by molar-refractivity contribution is -0.115. The Labute approximate surface area is 128 Å². The lowest BCUT2D eigenvalue weighted by Crippen LogP contribution is -2.03. The van der Waals surface area contributed by atoms with Gasteiger partial charge >= 0.3 is 0 Å². The highest BCUT2D eigenvalue weighted by atomic mass is 35.5. The highest BCUT2D eigenvalue weighted by Gasteiger charge is 2.21. The maximum atomic E-state index is 11.4. The average Bonchev–Trinajstić information content (AvgIpc) is 2.85. The molecule has 3 nitrogen and oxygen atoms in total. The predicted molar refractivity (Wildman–Crippen MR) is 84.2 cm³/mol. The summed E-state index contributed by atoms with van der Waals surface area (Å²) in [5, 5.41) is 2.52. The maximum absolute atomic E-state index is 11.4. The number of rotatable bonds is 3. The summed E-state index contributed by atoms with van der Waals surface area (Å²) < 4.78 is 5.40. The van der Waals surface area contributed by atoms with Crippen molar-refractivity contribution in [1.29, 1.82) is 0 Å². The number of anilines is 1. The van der Waals surface area contributed by atoms with Crippen LogP contribution in [0.3, 0.4) is 0 Å². The molecule has 1 aliphatic heterocycles. The Morgan fingerprint density at radius 3 is 2.81 bits per heavy atom. The van der Waals surface area contributed by atoms with Gasteiger partial charge in [0.15, 0.2) is 0 Å². The molecule has 0 bridgehead atoms. The summed E-state index contributed by atoms with van der Waals surface area (Å²) in [6.07, 6.45) is 0.414. The van der Waals surface area contributed by atoms with E-state index in [0.717, 1.165) is 33.7 Å². The van der Waals surface area contributed by atoms with Gasteiger partial charge in [-0.1, -0.05) is 29.8 Å². The summed E-state index contributed by atoms with van der Waals surface area (Å²) in [5.41, 5.74) is 4.92. The van der Waals surface area contributed by atoms with Crippen molar-refractivity contribution in [2.75, 3.05) is 12.4 Å². The molecule has 4 heteroatoms. The van der Waals surface area contributed by atoms with E-state index in [9.17, 15) is 4.79 Å². The first-order valence-electron chi connectivity index (χ1n) is 6.80. The van der Waals surface area contributed by atoms with Crippen LogP contribution in [0.2, 0.25) is 0 Å². The Bertz CT molecular complexity index is 712. The number of fused-ring (bicyclic) bond motifs is 1. The molecule has 1 atom stereocenters. The second kappa shape index (κ2) is 5.41. The van der Waals surface area contributed by atoms with Crippen molar-refractivity contribution in [3.8, 4) is 5.75 Å². The number of hydrogen-bond donors (Lipinski definition) is 1. The largest absolute Gasteiger partial charge is 0.496 e. The molecule has 0 saturated heterocycles. The Morgan fingerprint density at radius 2 is 2.05 bits per heavy atom. The van der Waals surface area contributed by atoms with Crippen molar-refractivity contribution in [3.05, 3.63) is 58.7 Å². The van der Waals surface area contributed by atoms with Gasteiger partial charge in [0.2, 0.25) is 5.91 Å². The third kappa shape index (κ3) is 2.61. The van der Waals surface area contributed by atoms with Crippen LogP contribution in [0.4, 0.5) is 5.69 Å². The van der Waals surface area contributed by atoms with Crippen LogP contribution >= 0.6 is 11.6 Å². The third-order valence-electron chi connectivity index (χ3n) is 3.71. The summed E-state index contributed by atoms with van der Waals surface area (Å²) in [6.45, 7) is 2.03. The number of methoxy groups -OCH3 is 1. The van der Waals surface area contributed by atoms with Crippen molar-refractivity contribution in [2.24, 2.45) is 0 Å². The van der Waals surface area contributed by atoms with Crippen LogP contribution in [0.1, 0.15) is 27.6 Å². The molecule has 3 rings (SSSR count). The van der Waals surface area contributed by atoms with E-state index in [-0.39, 0.29) is 11.3 Å². The molecular weight excluding hydrogens is 286 g/mol. The molecule has 108 valence electrons. The molecule has 1 unspecified atom stereocenters. The second-order valence-electron chi connectivity index (χ2n) is 5.25. The highest BCUT2D eigenvalue weighted by molar-refractivity contribution is 6.23. The molecule has 1 amide bonds. The van der Waals surface area contributed by atoms with Crippen molar-refractivity contribution in [3.63, 3.8) is 0 Å². The smallest absolute Gasteiger partial charge is 0.228 e. The standard InChI is InChI=1S/C17H16ClNO2/c1-10-3-6-15(21-2)13(7-10)17(18)11-4-5-14-12(8-11)9-16(20)19-14/h3-8,17H,9H2,1-2H3,(H,19,20). The van der Waals surface area contributed by atoms with E-state index < -0.39 is 0 Å². The van der Waals surface area contributed by atoms with Crippen LogP contribution in [0.15, 0.2) is 36.4 Å². The average molecular weight is 302 g/mol. The Balaban J connectivity index is 1.99. The van der Waals surface area contributed by atoms with E-state index in [1.807, 2.05) is 43.3 Å². The van der Waals surface area contributed by atoms with Gasteiger partial charge in [-0.15, -0.1) is 11.6 Å². The minimum absolute atomic E-state index is 0.0291. The summed E-state index contributed by atoms with van der Waals surface area (Å²) in [6, 6.07) is 11.8. The highest BCUT2D eigenvalue weighted by Crippen LogP contribution is 2.37. The fourth-order valence-electron chi connectivity index (χ4n) is 2.64. The molecule has 0 spiro atoms. The quantitative estimate of drug-likeness (QED) is 0.875. The molecule has 21 heavy (non-hydrogen) atoms. The van der Waals surface area contributed by atoms with Crippen molar-refractivity contribution in [1.82, 2.24) is 0 Å². The SMILES string of the molecule is COc1ccc(C)cc1C(Cl)c1ccc2c(c1)CC(=O)N2. The molecule has 0 aliphatic carbocycles. The zero-order chi connectivity index (χ0) is 15.0. The van der Waals surface area contributed by atoms with Gasteiger partial charge < -0.3 is 10.1 Å². The third-order valence-corrected chi connectivity index (χ3v) is 4.19.